The highest BCUT2D eigenvalue weighted by atomic mass is 35.5. The van der Waals surface area contributed by atoms with Crippen LogP contribution in [-0.4, -0.2) is 12.1 Å². The summed E-state index contributed by atoms with van der Waals surface area (Å²) in [5.41, 5.74) is 7.05. The summed E-state index contributed by atoms with van der Waals surface area (Å²) in [5, 5.41) is 2.97. The number of thiocarbonyl (C=S) groups is 1. The third kappa shape index (κ3) is 3.00. The van der Waals surface area contributed by atoms with E-state index in [2.05, 4.69) is 5.32 Å². The Labute approximate surface area is 126 Å². The summed E-state index contributed by atoms with van der Waals surface area (Å²) < 4.78 is 19.1. The Balaban J connectivity index is 2.46. The zero-order valence-corrected chi connectivity index (χ0v) is 12.2. The van der Waals surface area contributed by atoms with Gasteiger partial charge in [0.25, 0.3) is 0 Å². The predicted molar refractivity (Wildman–Crippen MR) is 83.6 cm³/mol. The topological polar surface area (TPSA) is 47.3 Å². The third-order valence-corrected chi connectivity index (χ3v) is 3.22. The number of nitrogens with two attached hydrogens (primary N) is 1. The van der Waals surface area contributed by atoms with Gasteiger partial charge in [-0.25, -0.2) is 4.39 Å². The molecule has 2 aromatic rings. The largest absolute Gasteiger partial charge is 0.497 e. The first kappa shape index (κ1) is 14.6. The molecule has 0 aliphatic rings. The van der Waals surface area contributed by atoms with Crippen molar-refractivity contribution in [3.63, 3.8) is 0 Å². The number of halogens is 2. The molecule has 0 bridgehead atoms. The van der Waals surface area contributed by atoms with Gasteiger partial charge in [0.05, 0.1) is 23.5 Å². The van der Waals surface area contributed by atoms with Crippen LogP contribution in [0.2, 0.25) is 5.02 Å². The van der Waals surface area contributed by atoms with E-state index in [4.69, 9.17) is 34.3 Å². The molecule has 0 aliphatic carbocycles. The summed E-state index contributed by atoms with van der Waals surface area (Å²) in [5.74, 6) is 0.0702. The third-order valence-electron chi connectivity index (χ3n) is 2.71. The molecule has 0 aromatic heterocycles. The fourth-order valence-electron chi connectivity index (χ4n) is 1.71. The summed E-state index contributed by atoms with van der Waals surface area (Å²) >= 11 is 10.7. The lowest BCUT2D eigenvalue weighted by Gasteiger charge is -2.13. The molecule has 3 nitrogen and oxygen atoms in total. The van der Waals surface area contributed by atoms with Crippen LogP contribution in [-0.2, 0) is 0 Å². The Bertz CT molecular complexity index is 664. The molecule has 0 spiro atoms. The van der Waals surface area contributed by atoms with E-state index in [1.54, 1.807) is 37.4 Å². The van der Waals surface area contributed by atoms with Crippen molar-refractivity contribution in [2.75, 3.05) is 12.4 Å². The highest BCUT2D eigenvalue weighted by molar-refractivity contribution is 7.80. The summed E-state index contributed by atoms with van der Waals surface area (Å²) in [7, 11) is 1.54. The first-order valence-corrected chi connectivity index (χ1v) is 6.50. The maximum atomic E-state index is 13.9. The smallest absolute Gasteiger partial charge is 0.165 e. The average Bonchev–Trinajstić information content (AvgIpc) is 2.43. The molecule has 0 aliphatic heterocycles. The summed E-state index contributed by atoms with van der Waals surface area (Å²) in [6.07, 6.45) is 0. The quantitative estimate of drug-likeness (QED) is 0.842. The van der Waals surface area contributed by atoms with Crippen LogP contribution in [0, 0.1) is 5.82 Å². The second-order valence-electron chi connectivity index (χ2n) is 4.00. The van der Waals surface area contributed by atoms with Gasteiger partial charge in [-0.2, -0.15) is 0 Å². The van der Waals surface area contributed by atoms with Crippen LogP contribution in [0.15, 0.2) is 36.4 Å². The van der Waals surface area contributed by atoms with E-state index in [1.165, 1.54) is 6.07 Å². The number of methoxy groups -OCH3 is 1. The van der Waals surface area contributed by atoms with Crippen LogP contribution in [0.25, 0.3) is 0 Å². The van der Waals surface area contributed by atoms with Gasteiger partial charge in [0.2, 0.25) is 0 Å². The highest BCUT2D eigenvalue weighted by Gasteiger charge is 2.11. The summed E-state index contributed by atoms with van der Waals surface area (Å²) in [4.78, 5) is 0.206. The van der Waals surface area contributed by atoms with Gasteiger partial charge in [0.1, 0.15) is 10.7 Å². The lowest BCUT2D eigenvalue weighted by molar-refractivity contribution is 0.415. The minimum atomic E-state index is -0.536. The molecular formula is C14H12ClFN2OS. The molecule has 104 valence electrons. The van der Waals surface area contributed by atoms with Gasteiger partial charge in [-0.1, -0.05) is 29.9 Å². The van der Waals surface area contributed by atoms with Crippen molar-refractivity contribution in [2.24, 2.45) is 5.73 Å². The zero-order valence-electron chi connectivity index (χ0n) is 10.6. The summed E-state index contributed by atoms with van der Waals surface area (Å²) in [6.45, 7) is 0. The minimum Gasteiger partial charge on any atom is -0.497 e. The van der Waals surface area contributed by atoms with E-state index in [0.717, 1.165) is 0 Å². The molecule has 0 heterocycles. The molecule has 0 saturated heterocycles. The Morgan fingerprint density at radius 1 is 1.30 bits per heavy atom. The van der Waals surface area contributed by atoms with Crippen molar-refractivity contribution in [3.8, 4) is 5.75 Å². The van der Waals surface area contributed by atoms with Gasteiger partial charge in [0.15, 0.2) is 5.82 Å². The van der Waals surface area contributed by atoms with Crippen LogP contribution in [0.3, 0.4) is 0 Å². The Morgan fingerprint density at radius 3 is 2.70 bits per heavy atom. The lowest BCUT2D eigenvalue weighted by atomic mass is 10.1. The summed E-state index contributed by atoms with van der Waals surface area (Å²) in [6, 6.07) is 9.83. The first-order valence-electron chi connectivity index (χ1n) is 5.72. The molecule has 6 heteroatoms. The van der Waals surface area contributed by atoms with Gasteiger partial charge in [0, 0.05) is 11.6 Å². The molecule has 2 aromatic carbocycles. The van der Waals surface area contributed by atoms with E-state index in [0.29, 0.717) is 17.0 Å². The van der Waals surface area contributed by atoms with E-state index >= 15 is 0 Å². The van der Waals surface area contributed by atoms with Crippen molar-refractivity contribution in [1.29, 1.82) is 0 Å². The normalized spacial score (nSPS) is 10.2. The van der Waals surface area contributed by atoms with Crippen molar-refractivity contribution < 1.29 is 9.13 Å². The molecule has 3 N–H and O–H groups in total. The van der Waals surface area contributed by atoms with E-state index in [-0.39, 0.29) is 15.7 Å². The van der Waals surface area contributed by atoms with Crippen LogP contribution in [0.4, 0.5) is 15.8 Å². The fraction of sp³-hybridized carbons (Fsp3) is 0.0714. The van der Waals surface area contributed by atoms with Crippen LogP contribution in [0.1, 0.15) is 5.56 Å². The average molecular weight is 311 g/mol. The standard InChI is InChI=1S/C14H12ClFN2OS/c1-19-8-5-6-9(14(17)20)12(7-8)18-11-4-2-3-10(15)13(11)16/h2-7,18H,1H3,(H2,17,20). The number of nitrogens with one attached hydrogen (secondary N) is 1. The second-order valence-corrected chi connectivity index (χ2v) is 4.85. The zero-order chi connectivity index (χ0) is 14.7. The second kappa shape index (κ2) is 6.07. The van der Waals surface area contributed by atoms with Crippen LogP contribution in [0.5, 0.6) is 5.75 Å². The van der Waals surface area contributed by atoms with E-state index in [1.807, 2.05) is 0 Å². The van der Waals surface area contributed by atoms with Crippen LogP contribution >= 0.6 is 23.8 Å². The van der Waals surface area contributed by atoms with E-state index in [9.17, 15) is 4.39 Å². The molecule has 2 rings (SSSR count). The number of benzene rings is 2. The van der Waals surface area contributed by atoms with Gasteiger partial charge in [-0.05, 0) is 24.3 Å². The maximum absolute atomic E-state index is 13.9. The van der Waals surface area contributed by atoms with Gasteiger partial charge in [-0.15, -0.1) is 0 Å². The number of hydrogen-bond acceptors (Lipinski definition) is 3. The Hall–Kier alpha value is -1.85. The monoisotopic (exact) mass is 310 g/mol. The minimum absolute atomic E-state index is 0.0368. The van der Waals surface area contributed by atoms with Crippen molar-refractivity contribution in [2.45, 2.75) is 0 Å². The number of hydrogen-bond donors (Lipinski definition) is 2. The highest BCUT2D eigenvalue weighted by Crippen LogP contribution is 2.29. The Morgan fingerprint density at radius 2 is 2.05 bits per heavy atom. The van der Waals surface area contributed by atoms with Gasteiger partial charge in [-0.3, -0.25) is 0 Å². The molecule has 0 unspecified atom stereocenters. The number of ether oxygens (including phenoxy) is 1. The molecule has 0 atom stereocenters. The molecule has 0 saturated carbocycles. The van der Waals surface area contributed by atoms with Gasteiger partial charge < -0.3 is 15.8 Å². The lowest BCUT2D eigenvalue weighted by Crippen LogP contribution is -2.12. The molecule has 0 radical (unpaired) electrons. The van der Waals surface area contributed by atoms with Crippen molar-refractivity contribution >= 4 is 40.2 Å². The van der Waals surface area contributed by atoms with Crippen LogP contribution < -0.4 is 15.8 Å². The number of rotatable bonds is 4. The van der Waals surface area contributed by atoms with E-state index < -0.39 is 5.82 Å². The SMILES string of the molecule is COc1ccc(C(N)=S)c(Nc2cccc(Cl)c2F)c1. The fourth-order valence-corrected chi connectivity index (χ4v) is 2.07. The first-order chi connectivity index (χ1) is 9.52. The molecule has 0 amide bonds. The molecule has 0 fully saturated rings. The number of anilines is 2. The van der Waals surface area contributed by atoms with Crippen molar-refractivity contribution in [3.05, 3.63) is 52.8 Å². The van der Waals surface area contributed by atoms with Gasteiger partial charge >= 0.3 is 0 Å². The Kier molecular flexibility index (Phi) is 4.42. The predicted octanol–water partition coefficient (Wildman–Crippen LogP) is 3.87. The maximum Gasteiger partial charge on any atom is 0.165 e. The van der Waals surface area contributed by atoms with Crippen molar-refractivity contribution in [1.82, 2.24) is 0 Å². The molecule has 20 heavy (non-hydrogen) atoms. The molecular weight excluding hydrogens is 299 g/mol.